The molecule has 7 nitrogen and oxygen atoms in total. The molecule has 2 amide bonds. The molecule has 1 unspecified atom stereocenters. The van der Waals surface area contributed by atoms with E-state index in [0.29, 0.717) is 5.69 Å². The summed E-state index contributed by atoms with van der Waals surface area (Å²) < 4.78 is 29.4. The van der Waals surface area contributed by atoms with Crippen LogP contribution in [0.5, 0.6) is 0 Å². The van der Waals surface area contributed by atoms with Crippen molar-refractivity contribution in [2.45, 2.75) is 51.2 Å². The molecule has 0 heterocycles. The Morgan fingerprint density at radius 2 is 1.49 bits per heavy atom. The minimum Gasteiger partial charge on any atom is -0.352 e. The number of hydrogen-bond donors (Lipinski definition) is 1. The fourth-order valence-electron chi connectivity index (χ4n) is 3.73. The molecule has 1 N–H and O–H groups in total. The highest BCUT2D eigenvalue weighted by Gasteiger charge is 2.32. The number of nitrogens with zero attached hydrogens (tertiary/aromatic N) is 2. The minimum absolute atomic E-state index is 0.0832. The van der Waals surface area contributed by atoms with E-state index in [1.54, 1.807) is 49.4 Å². The van der Waals surface area contributed by atoms with E-state index in [1.807, 2.05) is 45.0 Å². The SMILES string of the molecule is Cc1ccc(S(=O)(=O)N(CC(=O)N(Cc2ccc(Br)cc2)C(C)C(=O)NC(C)C)c2ccccc2)cc1. The lowest BCUT2D eigenvalue weighted by molar-refractivity contribution is -0.139. The van der Waals surface area contributed by atoms with Gasteiger partial charge in [0.25, 0.3) is 10.0 Å². The van der Waals surface area contributed by atoms with Crippen LogP contribution in [0.15, 0.2) is 88.2 Å². The Labute approximate surface area is 227 Å². The lowest BCUT2D eigenvalue weighted by Crippen LogP contribution is -2.52. The number of carbonyl (C=O) groups is 2. The van der Waals surface area contributed by atoms with E-state index in [1.165, 1.54) is 17.0 Å². The zero-order valence-corrected chi connectivity index (χ0v) is 23.8. The molecule has 0 fully saturated rings. The third-order valence-electron chi connectivity index (χ3n) is 5.80. The Hall–Kier alpha value is -3.17. The van der Waals surface area contributed by atoms with E-state index >= 15 is 0 Å². The molecular formula is C28H32BrN3O4S. The molecule has 3 aromatic rings. The second-order valence-corrected chi connectivity index (χ2v) is 11.9. The number of rotatable bonds is 10. The number of amides is 2. The van der Waals surface area contributed by atoms with Crippen LogP contribution in [0.3, 0.4) is 0 Å². The summed E-state index contributed by atoms with van der Waals surface area (Å²) >= 11 is 3.41. The number of hydrogen-bond acceptors (Lipinski definition) is 4. The maximum atomic E-state index is 13.8. The van der Waals surface area contributed by atoms with Crippen molar-refractivity contribution in [2.24, 2.45) is 0 Å². The number of nitrogens with one attached hydrogen (secondary N) is 1. The van der Waals surface area contributed by atoms with Crippen molar-refractivity contribution in [1.82, 2.24) is 10.2 Å². The zero-order valence-electron chi connectivity index (χ0n) is 21.4. The van der Waals surface area contributed by atoms with Crippen molar-refractivity contribution in [2.75, 3.05) is 10.8 Å². The summed E-state index contributed by atoms with van der Waals surface area (Å²) in [6.45, 7) is 6.89. The van der Waals surface area contributed by atoms with Gasteiger partial charge in [-0.1, -0.05) is 64.0 Å². The largest absolute Gasteiger partial charge is 0.352 e. The van der Waals surface area contributed by atoms with Gasteiger partial charge in [0.2, 0.25) is 11.8 Å². The van der Waals surface area contributed by atoms with Crippen molar-refractivity contribution in [1.29, 1.82) is 0 Å². The van der Waals surface area contributed by atoms with Crippen LogP contribution < -0.4 is 9.62 Å². The van der Waals surface area contributed by atoms with Crippen LogP contribution in [-0.2, 0) is 26.2 Å². The van der Waals surface area contributed by atoms with Crippen molar-refractivity contribution < 1.29 is 18.0 Å². The molecule has 37 heavy (non-hydrogen) atoms. The Kier molecular flexibility index (Phi) is 9.50. The van der Waals surface area contributed by atoms with Crippen LogP contribution >= 0.6 is 15.9 Å². The maximum absolute atomic E-state index is 13.8. The highest BCUT2D eigenvalue weighted by molar-refractivity contribution is 9.10. The predicted molar refractivity (Wildman–Crippen MR) is 150 cm³/mol. The Morgan fingerprint density at radius 3 is 2.05 bits per heavy atom. The van der Waals surface area contributed by atoms with Gasteiger partial charge in [0.05, 0.1) is 10.6 Å². The second kappa shape index (κ2) is 12.4. The summed E-state index contributed by atoms with van der Waals surface area (Å²) in [7, 11) is -4.06. The van der Waals surface area contributed by atoms with Gasteiger partial charge in [-0.3, -0.25) is 13.9 Å². The predicted octanol–water partition coefficient (Wildman–Crippen LogP) is 4.89. The third kappa shape index (κ3) is 7.42. The first-order chi connectivity index (χ1) is 17.5. The number of carbonyl (C=O) groups excluding carboxylic acids is 2. The molecule has 196 valence electrons. The van der Waals surface area contributed by atoms with Crippen LogP contribution in [0.2, 0.25) is 0 Å². The summed E-state index contributed by atoms with van der Waals surface area (Å²) in [5.41, 5.74) is 2.10. The van der Waals surface area contributed by atoms with Crippen LogP contribution in [-0.4, -0.2) is 43.8 Å². The van der Waals surface area contributed by atoms with E-state index < -0.39 is 28.5 Å². The molecular weight excluding hydrogens is 554 g/mol. The van der Waals surface area contributed by atoms with Crippen LogP contribution in [0.25, 0.3) is 0 Å². The number of anilines is 1. The lowest BCUT2D eigenvalue weighted by Gasteiger charge is -2.32. The summed E-state index contributed by atoms with van der Waals surface area (Å²) in [6, 6.07) is 21.5. The summed E-state index contributed by atoms with van der Waals surface area (Å²) in [6.07, 6.45) is 0. The maximum Gasteiger partial charge on any atom is 0.264 e. The molecule has 0 radical (unpaired) electrons. The zero-order chi connectivity index (χ0) is 27.2. The van der Waals surface area contributed by atoms with Gasteiger partial charge in [-0.2, -0.15) is 0 Å². The number of sulfonamides is 1. The topological polar surface area (TPSA) is 86.8 Å². The van der Waals surface area contributed by atoms with E-state index in [9.17, 15) is 18.0 Å². The van der Waals surface area contributed by atoms with Gasteiger partial charge in [-0.15, -0.1) is 0 Å². The fraction of sp³-hybridized carbons (Fsp3) is 0.286. The first kappa shape index (κ1) is 28.4. The van der Waals surface area contributed by atoms with Gasteiger partial charge in [0.15, 0.2) is 0 Å². The highest BCUT2D eigenvalue weighted by Crippen LogP contribution is 2.25. The number of aryl methyl sites for hydroxylation is 1. The van der Waals surface area contributed by atoms with E-state index in [-0.39, 0.29) is 23.4 Å². The lowest BCUT2D eigenvalue weighted by atomic mass is 10.1. The van der Waals surface area contributed by atoms with Gasteiger partial charge in [0, 0.05) is 17.1 Å². The Balaban J connectivity index is 1.99. The van der Waals surface area contributed by atoms with E-state index in [2.05, 4.69) is 21.2 Å². The first-order valence-corrected chi connectivity index (χ1v) is 14.2. The van der Waals surface area contributed by atoms with Crippen molar-refractivity contribution in [3.8, 4) is 0 Å². The quantitative estimate of drug-likeness (QED) is 0.367. The molecule has 0 saturated heterocycles. The molecule has 0 spiro atoms. The fourth-order valence-corrected chi connectivity index (χ4v) is 5.41. The monoisotopic (exact) mass is 585 g/mol. The molecule has 0 aliphatic rings. The number of halogens is 1. The molecule has 1 atom stereocenters. The number of para-hydroxylation sites is 1. The average Bonchev–Trinajstić information content (AvgIpc) is 2.86. The number of benzene rings is 3. The highest BCUT2D eigenvalue weighted by atomic mass is 79.9. The molecule has 3 rings (SSSR count). The smallest absolute Gasteiger partial charge is 0.264 e. The van der Waals surface area contributed by atoms with E-state index in [0.717, 1.165) is 19.9 Å². The molecule has 9 heteroatoms. The van der Waals surface area contributed by atoms with Crippen molar-refractivity contribution in [3.05, 3.63) is 94.5 Å². The normalized spacial score (nSPS) is 12.2. The van der Waals surface area contributed by atoms with Crippen LogP contribution in [0, 0.1) is 6.92 Å². The molecule has 0 aliphatic heterocycles. The van der Waals surface area contributed by atoms with Gasteiger partial charge in [-0.25, -0.2) is 8.42 Å². The van der Waals surface area contributed by atoms with Gasteiger partial charge in [-0.05, 0) is 69.7 Å². The molecule has 0 aromatic heterocycles. The van der Waals surface area contributed by atoms with Crippen molar-refractivity contribution in [3.63, 3.8) is 0 Å². The van der Waals surface area contributed by atoms with E-state index in [4.69, 9.17) is 0 Å². The standard InChI is InChI=1S/C28H32BrN3O4S/c1-20(2)30-28(34)22(4)31(18-23-12-14-24(29)15-13-23)27(33)19-32(25-8-6-5-7-9-25)37(35,36)26-16-10-21(3)11-17-26/h5-17,20,22H,18-19H2,1-4H3,(H,30,34). The summed E-state index contributed by atoms with van der Waals surface area (Å²) in [5, 5.41) is 2.85. The molecule has 0 saturated carbocycles. The molecule has 0 aliphatic carbocycles. The Morgan fingerprint density at radius 1 is 0.892 bits per heavy atom. The van der Waals surface area contributed by atoms with Crippen LogP contribution in [0.4, 0.5) is 5.69 Å². The summed E-state index contributed by atoms with van der Waals surface area (Å²) in [4.78, 5) is 28.2. The van der Waals surface area contributed by atoms with Crippen LogP contribution in [0.1, 0.15) is 31.9 Å². The average molecular weight is 587 g/mol. The first-order valence-electron chi connectivity index (χ1n) is 12.0. The summed E-state index contributed by atoms with van der Waals surface area (Å²) in [5.74, 6) is -0.804. The Bertz CT molecular complexity index is 1310. The second-order valence-electron chi connectivity index (χ2n) is 9.15. The van der Waals surface area contributed by atoms with Crippen molar-refractivity contribution >= 4 is 43.5 Å². The molecule has 3 aromatic carbocycles. The third-order valence-corrected chi connectivity index (χ3v) is 8.11. The minimum atomic E-state index is -4.06. The van der Waals surface area contributed by atoms with Gasteiger partial charge < -0.3 is 10.2 Å². The van der Waals surface area contributed by atoms with Gasteiger partial charge in [0.1, 0.15) is 12.6 Å². The van der Waals surface area contributed by atoms with Gasteiger partial charge >= 0.3 is 0 Å². The molecule has 0 bridgehead atoms.